The second-order valence-corrected chi connectivity index (χ2v) is 4.63. The summed E-state index contributed by atoms with van der Waals surface area (Å²) in [7, 11) is 0. The largest absolute Gasteiger partial charge is 0.481 e. The van der Waals surface area contributed by atoms with Gasteiger partial charge in [-0.1, -0.05) is 6.42 Å². The van der Waals surface area contributed by atoms with Gasteiger partial charge >= 0.3 is 5.97 Å². The molecule has 1 rings (SSSR count). The predicted octanol–water partition coefficient (Wildman–Crippen LogP) is 1.32. The summed E-state index contributed by atoms with van der Waals surface area (Å²) >= 11 is 0. The maximum Gasteiger partial charge on any atom is 0.304 e. The molecule has 1 atom stereocenters. The van der Waals surface area contributed by atoms with E-state index >= 15 is 0 Å². The van der Waals surface area contributed by atoms with Crippen LogP contribution in [-0.4, -0.2) is 48.2 Å². The van der Waals surface area contributed by atoms with E-state index in [2.05, 4.69) is 17.1 Å². The third-order valence-electron chi connectivity index (χ3n) is 3.26. The molecule has 0 spiro atoms. The van der Waals surface area contributed by atoms with Gasteiger partial charge in [0.25, 0.3) is 0 Å². The molecule has 0 amide bonds. The summed E-state index contributed by atoms with van der Waals surface area (Å²) < 4.78 is 0. The first-order chi connectivity index (χ1) is 7.70. The summed E-state index contributed by atoms with van der Waals surface area (Å²) in [5.74, 6) is -0.725. The fourth-order valence-corrected chi connectivity index (χ4v) is 2.22. The van der Waals surface area contributed by atoms with Crippen LogP contribution in [0.2, 0.25) is 0 Å². The molecule has 1 aliphatic rings. The van der Waals surface area contributed by atoms with E-state index in [-0.39, 0.29) is 6.42 Å². The zero-order valence-corrected chi connectivity index (χ0v) is 10.2. The van der Waals surface area contributed by atoms with Gasteiger partial charge in [-0.15, -0.1) is 0 Å². The number of nitrogens with zero attached hydrogens (tertiary/aromatic N) is 1. The number of aliphatic carboxylic acids is 1. The molecule has 0 saturated carbocycles. The molecule has 2 N–H and O–H groups in total. The van der Waals surface area contributed by atoms with Gasteiger partial charge in [-0.05, 0) is 45.8 Å². The van der Waals surface area contributed by atoms with E-state index in [1.807, 2.05) is 0 Å². The average Bonchev–Trinajstić information content (AvgIpc) is 2.25. The van der Waals surface area contributed by atoms with E-state index in [1.54, 1.807) is 0 Å². The minimum Gasteiger partial charge on any atom is -0.481 e. The van der Waals surface area contributed by atoms with Crippen molar-refractivity contribution in [2.45, 2.75) is 45.1 Å². The normalized spacial score (nSPS) is 22.2. The van der Waals surface area contributed by atoms with Gasteiger partial charge in [0.2, 0.25) is 0 Å². The fourth-order valence-electron chi connectivity index (χ4n) is 2.22. The molecule has 4 nitrogen and oxygen atoms in total. The summed E-state index contributed by atoms with van der Waals surface area (Å²) in [6.07, 6.45) is 5.36. The van der Waals surface area contributed by atoms with Crippen LogP contribution in [-0.2, 0) is 4.79 Å². The number of nitrogens with one attached hydrogen (secondary N) is 1. The minimum atomic E-state index is -0.725. The molecule has 94 valence electrons. The van der Waals surface area contributed by atoms with E-state index in [0.29, 0.717) is 6.54 Å². The first-order valence-electron chi connectivity index (χ1n) is 6.36. The van der Waals surface area contributed by atoms with Crippen molar-refractivity contribution >= 4 is 5.97 Å². The maximum atomic E-state index is 10.3. The molecule has 1 heterocycles. The molecule has 0 radical (unpaired) electrons. The Balaban J connectivity index is 1.95. The third-order valence-corrected chi connectivity index (χ3v) is 3.26. The Labute approximate surface area is 98.0 Å². The molecule has 0 aromatic rings. The van der Waals surface area contributed by atoms with E-state index in [1.165, 1.54) is 25.8 Å². The standard InChI is InChI=1S/C12H24N2O2/c1-11-5-2-3-9-14(11)10-4-7-13-8-6-12(15)16/h11,13H,2-10H2,1H3,(H,15,16). The van der Waals surface area contributed by atoms with Gasteiger partial charge in [-0.3, -0.25) is 4.79 Å². The lowest BCUT2D eigenvalue weighted by Gasteiger charge is -2.33. The Morgan fingerprint density at radius 1 is 1.44 bits per heavy atom. The molecule has 0 aromatic carbocycles. The molecule has 1 unspecified atom stereocenters. The fraction of sp³-hybridized carbons (Fsp3) is 0.917. The molecule has 0 aliphatic carbocycles. The van der Waals surface area contributed by atoms with E-state index in [4.69, 9.17) is 5.11 Å². The van der Waals surface area contributed by atoms with Crippen LogP contribution in [0.3, 0.4) is 0 Å². The zero-order chi connectivity index (χ0) is 11.8. The number of likely N-dealkylation sites (tertiary alicyclic amines) is 1. The highest BCUT2D eigenvalue weighted by Crippen LogP contribution is 2.15. The SMILES string of the molecule is CC1CCCCN1CCCNCCC(=O)O. The molecular weight excluding hydrogens is 204 g/mol. The van der Waals surface area contributed by atoms with Gasteiger partial charge in [0.1, 0.15) is 0 Å². The van der Waals surface area contributed by atoms with Gasteiger partial charge in [-0.25, -0.2) is 0 Å². The average molecular weight is 228 g/mol. The van der Waals surface area contributed by atoms with Crippen LogP contribution in [0.25, 0.3) is 0 Å². The minimum absolute atomic E-state index is 0.222. The number of rotatable bonds is 7. The lowest BCUT2D eigenvalue weighted by atomic mass is 10.0. The summed E-state index contributed by atoms with van der Waals surface area (Å²) in [6, 6.07) is 0.729. The second kappa shape index (κ2) is 7.63. The zero-order valence-electron chi connectivity index (χ0n) is 10.2. The predicted molar refractivity (Wildman–Crippen MR) is 64.6 cm³/mol. The Morgan fingerprint density at radius 3 is 2.94 bits per heavy atom. The Kier molecular flexibility index (Phi) is 6.42. The van der Waals surface area contributed by atoms with Crippen LogP contribution in [0.4, 0.5) is 0 Å². The summed E-state index contributed by atoms with van der Waals surface area (Å²) in [6.45, 7) is 6.19. The molecule has 1 aliphatic heterocycles. The van der Waals surface area contributed by atoms with Crippen LogP contribution in [0.5, 0.6) is 0 Å². The van der Waals surface area contributed by atoms with E-state index in [9.17, 15) is 4.79 Å². The smallest absolute Gasteiger partial charge is 0.304 e. The van der Waals surface area contributed by atoms with E-state index in [0.717, 1.165) is 25.6 Å². The van der Waals surface area contributed by atoms with Gasteiger partial charge in [-0.2, -0.15) is 0 Å². The Morgan fingerprint density at radius 2 is 2.25 bits per heavy atom. The third kappa shape index (κ3) is 5.47. The van der Waals surface area contributed by atoms with Crippen molar-refractivity contribution in [3.63, 3.8) is 0 Å². The van der Waals surface area contributed by atoms with Crippen molar-refractivity contribution in [1.29, 1.82) is 0 Å². The number of carboxylic acids is 1. The van der Waals surface area contributed by atoms with Gasteiger partial charge in [0, 0.05) is 12.6 Å². The molecule has 1 fully saturated rings. The number of hydrogen-bond donors (Lipinski definition) is 2. The second-order valence-electron chi connectivity index (χ2n) is 4.63. The van der Waals surface area contributed by atoms with Crippen LogP contribution >= 0.6 is 0 Å². The highest BCUT2D eigenvalue weighted by atomic mass is 16.4. The summed E-state index contributed by atoms with van der Waals surface area (Å²) in [5.41, 5.74) is 0. The Bertz CT molecular complexity index is 209. The van der Waals surface area contributed by atoms with Crippen molar-refractivity contribution in [2.24, 2.45) is 0 Å². The lowest BCUT2D eigenvalue weighted by Crippen LogP contribution is -2.39. The highest BCUT2D eigenvalue weighted by molar-refractivity contribution is 5.66. The first-order valence-corrected chi connectivity index (χ1v) is 6.36. The van der Waals surface area contributed by atoms with Crippen molar-refractivity contribution in [1.82, 2.24) is 10.2 Å². The number of piperidine rings is 1. The molecule has 4 heteroatoms. The van der Waals surface area contributed by atoms with Crippen molar-refractivity contribution in [2.75, 3.05) is 26.2 Å². The number of carboxylic acid groups (broad SMARTS) is 1. The van der Waals surface area contributed by atoms with Gasteiger partial charge in [0.15, 0.2) is 0 Å². The maximum absolute atomic E-state index is 10.3. The quantitative estimate of drug-likeness (QED) is 0.645. The molecular formula is C12H24N2O2. The highest BCUT2D eigenvalue weighted by Gasteiger charge is 2.16. The summed E-state index contributed by atoms with van der Waals surface area (Å²) in [5, 5.41) is 11.6. The van der Waals surface area contributed by atoms with Crippen LogP contribution in [0.1, 0.15) is 39.0 Å². The van der Waals surface area contributed by atoms with Crippen LogP contribution in [0.15, 0.2) is 0 Å². The lowest BCUT2D eigenvalue weighted by molar-refractivity contribution is -0.136. The number of hydrogen-bond acceptors (Lipinski definition) is 3. The molecule has 0 aromatic heterocycles. The van der Waals surface area contributed by atoms with Crippen molar-refractivity contribution in [3.05, 3.63) is 0 Å². The number of carbonyl (C=O) groups is 1. The van der Waals surface area contributed by atoms with Gasteiger partial charge < -0.3 is 15.3 Å². The van der Waals surface area contributed by atoms with E-state index < -0.39 is 5.97 Å². The van der Waals surface area contributed by atoms with Crippen LogP contribution < -0.4 is 5.32 Å². The van der Waals surface area contributed by atoms with Crippen molar-refractivity contribution in [3.8, 4) is 0 Å². The van der Waals surface area contributed by atoms with Gasteiger partial charge in [0.05, 0.1) is 6.42 Å². The first kappa shape index (κ1) is 13.5. The summed E-state index contributed by atoms with van der Waals surface area (Å²) in [4.78, 5) is 12.8. The molecule has 1 saturated heterocycles. The topological polar surface area (TPSA) is 52.6 Å². The molecule has 0 bridgehead atoms. The van der Waals surface area contributed by atoms with Crippen molar-refractivity contribution < 1.29 is 9.90 Å². The van der Waals surface area contributed by atoms with Crippen LogP contribution in [0, 0.1) is 0 Å². The Hall–Kier alpha value is -0.610. The molecule has 16 heavy (non-hydrogen) atoms. The monoisotopic (exact) mass is 228 g/mol.